The average Bonchev–Trinajstić information content (AvgIpc) is 2.24. The maximum atomic E-state index is 11.8. The molecule has 0 saturated heterocycles. The van der Waals surface area contributed by atoms with Crippen LogP contribution < -0.4 is 5.56 Å². The minimum Gasteiger partial charge on any atom is -0.283 e. The highest BCUT2D eigenvalue weighted by Crippen LogP contribution is 2.04. The predicted octanol–water partition coefficient (Wildman–Crippen LogP) is 1.85. The lowest BCUT2D eigenvalue weighted by atomic mass is 10.3. The average molecular weight is 200 g/mol. The van der Waals surface area contributed by atoms with E-state index in [4.69, 9.17) is 0 Å². The van der Waals surface area contributed by atoms with Crippen LogP contribution in [0.1, 0.15) is 11.3 Å². The normalized spacial score (nSPS) is 10.3. The number of hydrogen-bond acceptors (Lipinski definition) is 2. The molecule has 3 nitrogen and oxygen atoms in total. The van der Waals surface area contributed by atoms with Crippen molar-refractivity contribution < 1.29 is 0 Å². The van der Waals surface area contributed by atoms with Gasteiger partial charge in [0.05, 0.1) is 11.9 Å². The van der Waals surface area contributed by atoms with Gasteiger partial charge in [-0.15, -0.1) is 0 Å². The molecule has 0 saturated carbocycles. The molecule has 0 radical (unpaired) electrons. The summed E-state index contributed by atoms with van der Waals surface area (Å²) in [6.45, 7) is 3.73. The van der Waals surface area contributed by atoms with Crippen molar-refractivity contribution in [2.45, 2.75) is 13.8 Å². The van der Waals surface area contributed by atoms with Gasteiger partial charge >= 0.3 is 0 Å². The highest BCUT2D eigenvalue weighted by atomic mass is 16.1. The van der Waals surface area contributed by atoms with Gasteiger partial charge < -0.3 is 0 Å². The molecule has 0 N–H and O–H groups in total. The van der Waals surface area contributed by atoms with Crippen LogP contribution >= 0.6 is 0 Å². The van der Waals surface area contributed by atoms with Gasteiger partial charge in [-0.25, -0.2) is 0 Å². The van der Waals surface area contributed by atoms with Crippen LogP contribution in [-0.4, -0.2) is 9.55 Å². The molecule has 2 aromatic rings. The molecule has 3 heteroatoms. The van der Waals surface area contributed by atoms with Gasteiger partial charge in [-0.05, 0) is 32.0 Å². The van der Waals surface area contributed by atoms with E-state index in [0.717, 1.165) is 16.9 Å². The van der Waals surface area contributed by atoms with Crippen LogP contribution in [0.25, 0.3) is 5.69 Å². The monoisotopic (exact) mass is 200 g/mol. The summed E-state index contributed by atoms with van der Waals surface area (Å²) in [6.07, 6.45) is 3.46. The highest BCUT2D eigenvalue weighted by Gasteiger charge is 2.00. The van der Waals surface area contributed by atoms with Crippen molar-refractivity contribution in [3.8, 4) is 5.69 Å². The van der Waals surface area contributed by atoms with Crippen LogP contribution in [0.4, 0.5) is 0 Å². The van der Waals surface area contributed by atoms with Crippen molar-refractivity contribution in [2.24, 2.45) is 0 Å². The van der Waals surface area contributed by atoms with Crippen LogP contribution in [0.15, 0.2) is 41.5 Å². The fraction of sp³-hybridized carbons (Fsp3) is 0.167. The summed E-state index contributed by atoms with van der Waals surface area (Å²) in [5.41, 5.74) is 2.48. The largest absolute Gasteiger partial charge is 0.283 e. The van der Waals surface area contributed by atoms with Gasteiger partial charge in [0.1, 0.15) is 0 Å². The maximum Gasteiger partial charge on any atom is 0.258 e. The zero-order valence-electron chi connectivity index (χ0n) is 8.77. The lowest BCUT2D eigenvalue weighted by molar-refractivity contribution is 0.955. The van der Waals surface area contributed by atoms with E-state index in [-0.39, 0.29) is 5.56 Å². The van der Waals surface area contributed by atoms with Gasteiger partial charge in [-0.2, -0.15) is 0 Å². The Morgan fingerprint density at radius 3 is 2.67 bits per heavy atom. The Hall–Kier alpha value is -1.90. The SMILES string of the molecule is Cc1ccc(-n2cccc(C)c2=O)cn1. The van der Waals surface area contributed by atoms with E-state index in [0.29, 0.717) is 0 Å². The third-order valence-electron chi connectivity index (χ3n) is 2.31. The standard InChI is InChI=1S/C12H12N2O/c1-9-4-3-7-14(12(9)15)11-6-5-10(2)13-8-11/h3-8H,1-2H3. The Morgan fingerprint density at radius 1 is 1.20 bits per heavy atom. The van der Waals surface area contributed by atoms with Crippen molar-refractivity contribution in [1.82, 2.24) is 9.55 Å². The van der Waals surface area contributed by atoms with E-state index in [1.54, 1.807) is 30.0 Å². The summed E-state index contributed by atoms with van der Waals surface area (Å²) in [5.74, 6) is 0. The van der Waals surface area contributed by atoms with Gasteiger partial charge in [0.2, 0.25) is 0 Å². The fourth-order valence-electron chi connectivity index (χ4n) is 1.41. The molecule has 0 bridgehead atoms. The lowest BCUT2D eigenvalue weighted by Gasteiger charge is -2.05. The second-order valence-electron chi connectivity index (χ2n) is 3.52. The molecule has 2 heterocycles. The first-order chi connectivity index (χ1) is 7.18. The van der Waals surface area contributed by atoms with E-state index in [1.807, 2.05) is 25.1 Å². The molecule has 2 aromatic heterocycles. The molecular formula is C12H12N2O. The van der Waals surface area contributed by atoms with E-state index in [2.05, 4.69) is 4.98 Å². The smallest absolute Gasteiger partial charge is 0.258 e. The molecule has 0 atom stereocenters. The maximum absolute atomic E-state index is 11.8. The van der Waals surface area contributed by atoms with Gasteiger partial charge in [-0.1, -0.05) is 6.07 Å². The minimum absolute atomic E-state index is 0.00292. The first-order valence-electron chi connectivity index (χ1n) is 4.80. The van der Waals surface area contributed by atoms with Crippen molar-refractivity contribution in [3.63, 3.8) is 0 Å². The van der Waals surface area contributed by atoms with E-state index >= 15 is 0 Å². The zero-order chi connectivity index (χ0) is 10.8. The summed E-state index contributed by atoms with van der Waals surface area (Å²) in [7, 11) is 0. The Balaban J connectivity index is 2.59. The molecule has 76 valence electrons. The number of pyridine rings is 2. The number of aryl methyl sites for hydroxylation is 2. The molecule has 0 aliphatic heterocycles. The van der Waals surface area contributed by atoms with E-state index in [1.165, 1.54) is 0 Å². The van der Waals surface area contributed by atoms with Crippen molar-refractivity contribution >= 4 is 0 Å². The van der Waals surface area contributed by atoms with Crippen LogP contribution in [0.2, 0.25) is 0 Å². The van der Waals surface area contributed by atoms with Gasteiger partial charge in [0, 0.05) is 17.5 Å². The topological polar surface area (TPSA) is 34.9 Å². The Morgan fingerprint density at radius 2 is 2.00 bits per heavy atom. The van der Waals surface area contributed by atoms with Crippen LogP contribution in [0, 0.1) is 13.8 Å². The quantitative estimate of drug-likeness (QED) is 0.704. The third-order valence-corrected chi connectivity index (χ3v) is 2.31. The number of nitrogens with zero attached hydrogens (tertiary/aromatic N) is 2. The van der Waals surface area contributed by atoms with Crippen LogP contribution in [0.5, 0.6) is 0 Å². The molecule has 2 rings (SSSR count). The minimum atomic E-state index is 0.00292. The summed E-state index contributed by atoms with van der Waals surface area (Å²) >= 11 is 0. The molecule has 0 aromatic carbocycles. The fourth-order valence-corrected chi connectivity index (χ4v) is 1.41. The highest BCUT2D eigenvalue weighted by molar-refractivity contribution is 5.30. The molecular weight excluding hydrogens is 188 g/mol. The summed E-state index contributed by atoms with van der Waals surface area (Å²) in [4.78, 5) is 16.0. The Bertz CT molecular complexity index is 526. The molecule has 15 heavy (non-hydrogen) atoms. The summed E-state index contributed by atoms with van der Waals surface area (Å²) < 4.78 is 1.60. The predicted molar refractivity (Wildman–Crippen MR) is 59.3 cm³/mol. The van der Waals surface area contributed by atoms with Gasteiger partial charge in [-0.3, -0.25) is 14.3 Å². The second-order valence-corrected chi connectivity index (χ2v) is 3.52. The molecule has 0 amide bonds. The van der Waals surface area contributed by atoms with E-state index < -0.39 is 0 Å². The van der Waals surface area contributed by atoms with Crippen LogP contribution in [0.3, 0.4) is 0 Å². The molecule has 0 aliphatic carbocycles. The molecule has 0 fully saturated rings. The van der Waals surface area contributed by atoms with Crippen molar-refractivity contribution in [3.05, 3.63) is 58.3 Å². The molecule has 0 aliphatic rings. The van der Waals surface area contributed by atoms with Crippen molar-refractivity contribution in [2.75, 3.05) is 0 Å². The van der Waals surface area contributed by atoms with Gasteiger partial charge in [0.25, 0.3) is 5.56 Å². The first-order valence-corrected chi connectivity index (χ1v) is 4.80. The molecule has 0 spiro atoms. The summed E-state index contributed by atoms with van der Waals surface area (Å²) in [5, 5.41) is 0. The van der Waals surface area contributed by atoms with Gasteiger partial charge in [0.15, 0.2) is 0 Å². The van der Waals surface area contributed by atoms with Crippen LogP contribution in [-0.2, 0) is 0 Å². The number of aromatic nitrogens is 2. The number of rotatable bonds is 1. The lowest BCUT2D eigenvalue weighted by Crippen LogP contribution is -2.19. The first kappa shape index (κ1) is 9.65. The van der Waals surface area contributed by atoms with Crippen molar-refractivity contribution in [1.29, 1.82) is 0 Å². The second kappa shape index (κ2) is 3.69. The number of hydrogen-bond donors (Lipinski definition) is 0. The molecule has 0 unspecified atom stereocenters. The Kier molecular flexibility index (Phi) is 2.37. The zero-order valence-corrected chi connectivity index (χ0v) is 8.77. The Labute approximate surface area is 88.0 Å². The van der Waals surface area contributed by atoms with E-state index in [9.17, 15) is 4.79 Å². The summed E-state index contributed by atoms with van der Waals surface area (Å²) in [6, 6.07) is 7.45. The third kappa shape index (κ3) is 1.81.